The first-order chi connectivity index (χ1) is 10.2. The van der Waals surface area contributed by atoms with Gasteiger partial charge in [-0.1, -0.05) is 12.8 Å². The van der Waals surface area contributed by atoms with E-state index in [2.05, 4.69) is 4.90 Å². The van der Waals surface area contributed by atoms with E-state index in [0.29, 0.717) is 12.1 Å². The Morgan fingerprint density at radius 2 is 1.90 bits per heavy atom. The van der Waals surface area contributed by atoms with Crippen LogP contribution in [0, 0.1) is 0 Å². The molecule has 0 aromatic heterocycles. The lowest BCUT2D eigenvalue weighted by Gasteiger charge is -2.47. The van der Waals surface area contributed by atoms with Crippen LogP contribution < -0.4 is 0 Å². The summed E-state index contributed by atoms with van der Waals surface area (Å²) in [4.78, 5) is 13.6. The molecule has 1 N–H and O–H groups in total. The maximum Gasteiger partial charge on any atom is 0.317 e. The molecule has 1 spiro atoms. The highest BCUT2D eigenvalue weighted by molar-refractivity contribution is 7.99. The van der Waals surface area contributed by atoms with Gasteiger partial charge in [0.05, 0.1) is 12.1 Å². The van der Waals surface area contributed by atoms with Gasteiger partial charge in [-0.25, -0.2) is 0 Å². The number of carboxylic acids is 1. The number of ether oxygens (including phenoxy) is 1. The van der Waals surface area contributed by atoms with Crippen LogP contribution in [0.15, 0.2) is 0 Å². The standard InChI is InChI=1S/C16H27NO3S/c18-15(19)12-17(13-3-1-2-4-13)14-5-8-20-16(11-14)6-9-21-10-7-16/h13-14H,1-12H2,(H,18,19). The molecule has 2 aliphatic heterocycles. The van der Waals surface area contributed by atoms with E-state index in [1.165, 1.54) is 37.2 Å². The highest BCUT2D eigenvalue weighted by atomic mass is 32.2. The number of carbonyl (C=O) groups is 1. The second kappa shape index (κ2) is 6.88. The Kier molecular flexibility index (Phi) is 5.12. The summed E-state index contributed by atoms with van der Waals surface area (Å²) in [5.74, 6) is 1.70. The molecular formula is C16H27NO3S. The zero-order chi connectivity index (χ0) is 14.7. The molecule has 3 aliphatic rings. The summed E-state index contributed by atoms with van der Waals surface area (Å²) in [5, 5.41) is 9.30. The molecule has 3 rings (SSSR count). The number of thioether (sulfide) groups is 1. The van der Waals surface area contributed by atoms with Crippen molar-refractivity contribution in [3.8, 4) is 0 Å². The van der Waals surface area contributed by atoms with Crippen LogP contribution in [-0.4, -0.2) is 58.3 Å². The molecule has 2 saturated heterocycles. The fraction of sp³-hybridized carbons (Fsp3) is 0.938. The van der Waals surface area contributed by atoms with E-state index in [0.717, 1.165) is 32.3 Å². The molecule has 0 aromatic carbocycles. The normalized spacial score (nSPS) is 30.0. The van der Waals surface area contributed by atoms with Crippen LogP contribution in [0.5, 0.6) is 0 Å². The van der Waals surface area contributed by atoms with Gasteiger partial charge in [0.2, 0.25) is 0 Å². The zero-order valence-electron chi connectivity index (χ0n) is 12.8. The minimum Gasteiger partial charge on any atom is -0.480 e. The number of aliphatic carboxylic acids is 1. The highest BCUT2D eigenvalue weighted by Crippen LogP contribution is 2.40. The van der Waals surface area contributed by atoms with Crippen molar-refractivity contribution >= 4 is 17.7 Å². The summed E-state index contributed by atoms with van der Waals surface area (Å²) in [7, 11) is 0. The molecule has 1 saturated carbocycles. The Morgan fingerprint density at radius 1 is 1.19 bits per heavy atom. The maximum atomic E-state index is 11.3. The molecule has 0 amide bonds. The third kappa shape index (κ3) is 3.74. The van der Waals surface area contributed by atoms with Crippen molar-refractivity contribution < 1.29 is 14.6 Å². The van der Waals surface area contributed by atoms with E-state index in [-0.39, 0.29) is 12.1 Å². The van der Waals surface area contributed by atoms with E-state index in [9.17, 15) is 9.90 Å². The van der Waals surface area contributed by atoms with Gasteiger partial charge in [0.1, 0.15) is 0 Å². The average Bonchev–Trinajstić information content (AvgIpc) is 2.99. The lowest BCUT2D eigenvalue weighted by Crippen LogP contribution is -2.53. The van der Waals surface area contributed by atoms with Crippen molar-refractivity contribution in [3.63, 3.8) is 0 Å². The van der Waals surface area contributed by atoms with Gasteiger partial charge in [0.25, 0.3) is 0 Å². The summed E-state index contributed by atoms with van der Waals surface area (Å²) < 4.78 is 6.17. The summed E-state index contributed by atoms with van der Waals surface area (Å²) in [6.07, 6.45) is 9.17. The fourth-order valence-corrected chi connectivity index (χ4v) is 5.56. The molecule has 1 atom stereocenters. The van der Waals surface area contributed by atoms with Gasteiger partial charge in [-0.05, 0) is 50.0 Å². The molecule has 1 unspecified atom stereocenters. The predicted molar refractivity (Wildman–Crippen MR) is 84.9 cm³/mol. The summed E-state index contributed by atoms with van der Waals surface area (Å²) >= 11 is 2.02. The molecule has 0 aromatic rings. The largest absolute Gasteiger partial charge is 0.480 e. The Balaban J connectivity index is 1.70. The monoisotopic (exact) mass is 313 g/mol. The molecular weight excluding hydrogens is 286 g/mol. The van der Waals surface area contributed by atoms with E-state index in [4.69, 9.17) is 4.74 Å². The lowest BCUT2D eigenvalue weighted by atomic mass is 9.84. The molecule has 0 radical (unpaired) electrons. The Hall–Kier alpha value is -0.260. The van der Waals surface area contributed by atoms with Gasteiger partial charge in [-0.3, -0.25) is 9.69 Å². The third-order valence-electron chi connectivity index (χ3n) is 5.45. The van der Waals surface area contributed by atoms with Crippen LogP contribution in [0.25, 0.3) is 0 Å². The molecule has 5 heteroatoms. The summed E-state index contributed by atoms with van der Waals surface area (Å²) in [6, 6.07) is 0.889. The van der Waals surface area contributed by atoms with E-state index >= 15 is 0 Å². The molecule has 4 nitrogen and oxygen atoms in total. The maximum absolute atomic E-state index is 11.3. The van der Waals surface area contributed by atoms with Crippen molar-refractivity contribution in [2.75, 3.05) is 24.7 Å². The van der Waals surface area contributed by atoms with Crippen LogP contribution in [0.1, 0.15) is 51.4 Å². The predicted octanol–water partition coefficient (Wildman–Crippen LogP) is 2.76. The van der Waals surface area contributed by atoms with Gasteiger partial charge < -0.3 is 9.84 Å². The number of carboxylic acid groups (broad SMARTS) is 1. The SMILES string of the molecule is O=C(O)CN(C1CCCC1)C1CCOC2(CCSCC2)C1. The molecule has 3 fully saturated rings. The Morgan fingerprint density at radius 3 is 2.57 bits per heavy atom. The van der Waals surface area contributed by atoms with E-state index in [1.807, 2.05) is 11.8 Å². The Labute approximate surface area is 131 Å². The Bertz CT molecular complexity index is 359. The van der Waals surface area contributed by atoms with Crippen molar-refractivity contribution in [1.82, 2.24) is 4.90 Å². The minimum atomic E-state index is -0.679. The van der Waals surface area contributed by atoms with Crippen LogP contribution in [0.2, 0.25) is 0 Å². The summed E-state index contributed by atoms with van der Waals surface area (Å²) in [5.41, 5.74) is 0.0452. The molecule has 1 aliphatic carbocycles. The highest BCUT2D eigenvalue weighted by Gasteiger charge is 2.42. The quantitative estimate of drug-likeness (QED) is 0.865. The van der Waals surface area contributed by atoms with Gasteiger partial charge in [0.15, 0.2) is 0 Å². The molecule has 21 heavy (non-hydrogen) atoms. The van der Waals surface area contributed by atoms with Gasteiger partial charge in [-0.15, -0.1) is 0 Å². The fourth-order valence-electron chi connectivity index (χ4n) is 4.33. The number of hydrogen-bond donors (Lipinski definition) is 1. The third-order valence-corrected chi connectivity index (χ3v) is 6.44. The topological polar surface area (TPSA) is 49.8 Å². The number of rotatable bonds is 4. The lowest BCUT2D eigenvalue weighted by molar-refractivity contribution is -0.144. The summed E-state index contributed by atoms with van der Waals surface area (Å²) in [6.45, 7) is 1.01. The van der Waals surface area contributed by atoms with Crippen molar-refractivity contribution in [1.29, 1.82) is 0 Å². The zero-order valence-corrected chi connectivity index (χ0v) is 13.6. The first-order valence-electron chi connectivity index (χ1n) is 8.38. The first kappa shape index (κ1) is 15.6. The smallest absolute Gasteiger partial charge is 0.317 e. The van der Waals surface area contributed by atoms with Gasteiger partial charge >= 0.3 is 5.97 Å². The van der Waals surface area contributed by atoms with E-state index < -0.39 is 5.97 Å². The van der Waals surface area contributed by atoms with Crippen LogP contribution in [0.3, 0.4) is 0 Å². The second-order valence-corrected chi connectivity index (χ2v) is 8.02. The van der Waals surface area contributed by atoms with E-state index in [1.54, 1.807) is 0 Å². The minimum absolute atomic E-state index is 0.0452. The number of nitrogens with zero attached hydrogens (tertiary/aromatic N) is 1. The molecule has 0 bridgehead atoms. The average molecular weight is 313 g/mol. The molecule has 2 heterocycles. The van der Waals surface area contributed by atoms with Gasteiger partial charge in [0, 0.05) is 18.7 Å². The van der Waals surface area contributed by atoms with Crippen molar-refractivity contribution in [2.45, 2.75) is 69.1 Å². The van der Waals surface area contributed by atoms with Crippen LogP contribution in [0.4, 0.5) is 0 Å². The first-order valence-corrected chi connectivity index (χ1v) is 9.53. The van der Waals surface area contributed by atoms with Crippen LogP contribution in [-0.2, 0) is 9.53 Å². The molecule has 120 valence electrons. The van der Waals surface area contributed by atoms with Crippen molar-refractivity contribution in [2.24, 2.45) is 0 Å². The van der Waals surface area contributed by atoms with Gasteiger partial charge in [-0.2, -0.15) is 11.8 Å². The van der Waals surface area contributed by atoms with Crippen LogP contribution >= 0.6 is 11.8 Å². The number of hydrogen-bond acceptors (Lipinski definition) is 4. The van der Waals surface area contributed by atoms with Crippen molar-refractivity contribution in [3.05, 3.63) is 0 Å². The second-order valence-electron chi connectivity index (χ2n) is 6.79.